The van der Waals surface area contributed by atoms with Gasteiger partial charge in [-0.3, -0.25) is 0 Å². The molecule has 0 aromatic rings. The number of nitrogens with one attached hydrogen (secondary N) is 1. The van der Waals surface area contributed by atoms with E-state index in [1.54, 1.807) is 0 Å². The Morgan fingerprint density at radius 1 is 1.42 bits per heavy atom. The molecule has 0 spiro atoms. The number of rotatable bonds is 2. The van der Waals surface area contributed by atoms with E-state index in [1.807, 2.05) is 0 Å². The van der Waals surface area contributed by atoms with Crippen LogP contribution < -0.4 is 11.1 Å². The molecule has 1 saturated heterocycles. The van der Waals surface area contributed by atoms with Crippen molar-refractivity contribution in [2.24, 2.45) is 11.7 Å². The van der Waals surface area contributed by atoms with Gasteiger partial charge in [0, 0.05) is 6.61 Å². The summed E-state index contributed by atoms with van der Waals surface area (Å²) in [5.74, 6) is 0.763. The van der Waals surface area contributed by atoms with E-state index < -0.39 is 0 Å². The molecular formula is C8H14N2OS. The molecule has 1 heterocycles. The predicted octanol–water partition coefficient (Wildman–Crippen LogP) is 0.387. The van der Waals surface area contributed by atoms with E-state index in [-0.39, 0.29) is 0 Å². The molecule has 2 aliphatic rings. The fraction of sp³-hybridized carbons (Fsp3) is 0.875. The average Bonchev–Trinajstić information content (AvgIpc) is 2.73. The van der Waals surface area contributed by atoms with Crippen molar-refractivity contribution in [3.63, 3.8) is 0 Å². The molecule has 2 fully saturated rings. The van der Waals surface area contributed by atoms with Crippen LogP contribution in [0.3, 0.4) is 0 Å². The lowest BCUT2D eigenvalue weighted by Crippen LogP contribution is -2.43. The maximum Gasteiger partial charge on any atom is 0.163 e. The Kier molecular flexibility index (Phi) is 2.19. The second kappa shape index (κ2) is 3.18. The quantitative estimate of drug-likeness (QED) is 0.612. The smallest absolute Gasteiger partial charge is 0.163 e. The average molecular weight is 186 g/mol. The molecule has 1 aliphatic carbocycles. The molecule has 1 aliphatic heterocycles. The van der Waals surface area contributed by atoms with Crippen LogP contribution in [-0.4, -0.2) is 23.9 Å². The molecular weight excluding hydrogens is 172 g/mol. The predicted molar refractivity (Wildman–Crippen MR) is 50.8 cm³/mol. The highest BCUT2D eigenvalue weighted by atomic mass is 32.1. The lowest BCUT2D eigenvalue weighted by Gasteiger charge is -2.19. The molecule has 0 radical (unpaired) electrons. The van der Waals surface area contributed by atoms with E-state index in [1.165, 1.54) is 12.8 Å². The van der Waals surface area contributed by atoms with Gasteiger partial charge in [0.2, 0.25) is 0 Å². The van der Waals surface area contributed by atoms with Crippen LogP contribution in [-0.2, 0) is 4.74 Å². The van der Waals surface area contributed by atoms with Crippen LogP contribution in [0.5, 0.6) is 0 Å². The summed E-state index contributed by atoms with van der Waals surface area (Å²) in [6, 6.07) is 0.370. The fourth-order valence-electron chi connectivity index (χ4n) is 1.84. The number of hydrogen-bond acceptors (Lipinski definition) is 2. The van der Waals surface area contributed by atoms with Crippen LogP contribution >= 0.6 is 12.2 Å². The Bertz CT molecular complexity index is 193. The summed E-state index contributed by atoms with van der Waals surface area (Å²) in [6.45, 7) is 0.849. The molecule has 68 valence electrons. The van der Waals surface area contributed by atoms with Gasteiger partial charge in [0.05, 0.1) is 12.1 Å². The van der Waals surface area contributed by atoms with Crippen molar-refractivity contribution >= 4 is 17.3 Å². The van der Waals surface area contributed by atoms with Crippen molar-refractivity contribution in [3.8, 4) is 0 Å². The zero-order valence-corrected chi connectivity index (χ0v) is 7.77. The molecule has 2 rings (SSSR count). The van der Waals surface area contributed by atoms with Crippen molar-refractivity contribution < 1.29 is 4.74 Å². The topological polar surface area (TPSA) is 47.3 Å². The van der Waals surface area contributed by atoms with Gasteiger partial charge in [-0.15, -0.1) is 0 Å². The van der Waals surface area contributed by atoms with Gasteiger partial charge in [0.15, 0.2) is 5.11 Å². The Labute approximate surface area is 77.6 Å². The van der Waals surface area contributed by atoms with Gasteiger partial charge in [-0.1, -0.05) is 0 Å². The van der Waals surface area contributed by atoms with E-state index in [0.717, 1.165) is 18.9 Å². The van der Waals surface area contributed by atoms with Crippen LogP contribution in [0.1, 0.15) is 19.3 Å². The molecule has 12 heavy (non-hydrogen) atoms. The Balaban J connectivity index is 1.89. The highest BCUT2D eigenvalue weighted by molar-refractivity contribution is 7.80. The van der Waals surface area contributed by atoms with Gasteiger partial charge in [-0.25, -0.2) is 0 Å². The fourth-order valence-corrected chi connectivity index (χ4v) is 1.99. The van der Waals surface area contributed by atoms with Crippen LogP contribution in [0.15, 0.2) is 0 Å². The standard InChI is InChI=1S/C8H14N2OS/c9-8(12)10-6-3-4-11-7(6)5-1-2-5/h5-7H,1-4H2,(H3,9,10,12). The van der Waals surface area contributed by atoms with Crippen molar-refractivity contribution in [3.05, 3.63) is 0 Å². The lowest BCUT2D eigenvalue weighted by molar-refractivity contribution is 0.0843. The first-order valence-corrected chi connectivity index (χ1v) is 4.86. The molecule has 2 atom stereocenters. The van der Waals surface area contributed by atoms with Gasteiger partial charge in [0.1, 0.15) is 0 Å². The van der Waals surface area contributed by atoms with Crippen molar-refractivity contribution in [2.45, 2.75) is 31.4 Å². The van der Waals surface area contributed by atoms with Crippen molar-refractivity contribution in [1.29, 1.82) is 0 Å². The third-order valence-corrected chi connectivity index (χ3v) is 2.67. The first-order chi connectivity index (χ1) is 5.77. The van der Waals surface area contributed by atoms with Gasteiger partial charge >= 0.3 is 0 Å². The summed E-state index contributed by atoms with van der Waals surface area (Å²) in [4.78, 5) is 0. The Morgan fingerprint density at radius 3 is 2.75 bits per heavy atom. The summed E-state index contributed by atoms with van der Waals surface area (Å²) >= 11 is 4.80. The van der Waals surface area contributed by atoms with Gasteiger partial charge < -0.3 is 15.8 Å². The minimum absolute atomic E-state index is 0.367. The highest BCUT2D eigenvalue weighted by Crippen LogP contribution is 2.38. The Hall–Kier alpha value is -0.350. The minimum Gasteiger partial charge on any atom is -0.376 e. The van der Waals surface area contributed by atoms with Crippen LogP contribution in [0, 0.1) is 5.92 Å². The van der Waals surface area contributed by atoms with E-state index in [2.05, 4.69) is 5.32 Å². The first kappa shape index (κ1) is 8.26. The molecule has 3 N–H and O–H groups in total. The van der Waals surface area contributed by atoms with E-state index in [9.17, 15) is 0 Å². The SMILES string of the molecule is NC(=S)NC1CCOC1C1CC1. The molecule has 3 nitrogen and oxygen atoms in total. The molecule has 0 bridgehead atoms. The van der Waals surface area contributed by atoms with Crippen molar-refractivity contribution in [2.75, 3.05) is 6.61 Å². The molecule has 1 saturated carbocycles. The summed E-state index contributed by atoms with van der Waals surface area (Å²) in [5.41, 5.74) is 5.42. The van der Waals surface area contributed by atoms with Gasteiger partial charge in [0.25, 0.3) is 0 Å². The largest absolute Gasteiger partial charge is 0.376 e. The van der Waals surface area contributed by atoms with Crippen molar-refractivity contribution in [1.82, 2.24) is 5.32 Å². The summed E-state index contributed by atoms with van der Waals surface area (Å²) in [6.07, 6.45) is 4.02. The van der Waals surface area contributed by atoms with E-state index >= 15 is 0 Å². The third kappa shape index (κ3) is 1.69. The molecule has 2 unspecified atom stereocenters. The third-order valence-electron chi connectivity index (χ3n) is 2.55. The number of ether oxygens (including phenoxy) is 1. The first-order valence-electron chi connectivity index (χ1n) is 4.45. The van der Waals surface area contributed by atoms with Crippen LogP contribution in [0.4, 0.5) is 0 Å². The second-order valence-corrected chi connectivity index (χ2v) is 4.02. The van der Waals surface area contributed by atoms with Gasteiger partial charge in [-0.05, 0) is 37.4 Å². The zero-order valence-electron chi connectivity index (χ0n) is 6.95. The Morgan fingerprint density at radius 2 is 2.17 bits per heavy atom. The maximum absolute atomic E-state index is 5.61. The molecule has 0 amide bonds. The molecule has 0 aromatic carbocycles. The molecule has 0 aromatic heterocycles. The minimum atomic E-state index is 0.367. The maximum atomic E-state index is 5.61. The van der Waals surface area contributed by atoms with Crippen LogP contribution in [0.25, 0.3) is 0 Å². The summed E-state index contributed by atoms with van der Waals surface area (Å²) < 4.78 is 5.61. The molecule has 4 heteroatoms. The highest BCUT2D eigenvalue weighted by Gasteiger charge is 2.40. The normalized spacial score (nSPS) is 35.0. The lowest BCUT2D eigenvalue weighted by atomic mass is 10.1. The van der Waals surface area contributed by atoms with Crippen LogP contribution in [0.2, 0.25) is 0 Å². The number of nitrogens with two attached hydrogens (primary N) is 1. The zero-order chi connectivity index (χ0) is 8.55. The number of thiocarbonyl (C=S) groups is 1. The van der Waals surface area contributed by atoms with E-state index in [0.29, 0.717) is 17.3 Å². The van der Waals surface area contributed by atoms with E-state index in [4.69, 9.17) is 22.7 Å². The van der Waals surface area contributed by atoms with Gasteiger partial charge in [-0.2, -0.15) is 0 Å². The summed E-state index contributed by atoms with van der Waals surface area (Å²) in [5, 5.41) is 3.50. The summed E-state index contributed by atoms with van der Waals surface area (Å²) in [7, 11) is 0. The second-order valence-electron chi connectivity index (χ2n) is 3.58. The monoisotopic (exact) mass is 186 g/mol. The number of hydrogen-bond donors (Lipinski definition) is 2.